The molecule has 46 heavy (non-hydrogen) atoms. The van der Waals surface area contributed by atoms with Gasteiger partial charge in [-0.05, 0) is 47.2 Å². The Bertz CT molecular complexity index is 1500. The molecule has 0 aromatic heterocycles. The predicted molar refractivity (Wildman–Crippen MR) is 204 cm³/mol. The van der Waals surface area contributed by atoms with Crippen LogP contribution in [0.4, 0.5) is 0 Å². The van der Waals surface area contributed by atoms with E-state index in [1.807, 2.05) is 67.8 Å². The number of nitrogens with zero attached hydrogens (tertiary/aromatic N) is 1. The lowest BCUT2D eigenvalue weighted by atomic mass is 9.81. The molecule has 4 rings (SSSR count). The quantitative estimate of drug-likeness (QED) is 0.0502. The zero-order valence-electron chi connectivity index (χ0n) is 27.9. The fourth-order valence-corrected chi connectivity index (χ4v) is 12.2. The predicted octanol–water partition coefficient (Wildman–Crippen LogP) is 7.16. The average Bonchev–Trinajstić information content (AvgIpc) is 3.03. The minimum absolute atomic E-state index is 0.0188. The van der Waals surface area contributed by atoms with E-state index in [1.165, 1.54) is 11.8 Å². The van der Waals surface area contributed by atoms with Crippen LogP contribution in [0, 0.1) is 5.92 Å². The zero-order valence-corrected chi connectivity index (χ0v) is 31.5. The number of rotatable bonds is 12. The Morgan fingerprint density at radius 1 is 0.978 bits per heavy atom. The van der Waals surface area contributed by atoms with Crippen molar-refractivity contribution in [2.75, 3.05) is 12.9 Å². The molecule has 0 saturated carbocycles. The van der Waals surface area contributed by atoms with Crippen molar-refractivity contribution in [3.8, 4) is 0 Å². The molecule has 1 heterocycles. The molecule has 3 aromatic carbocycles. The summed E-state index contributed by atoms with van der Waals surface area (Å²) in [6.45, 7) is 13.8. The van der Waals surface area contributed by atoms with Crippen molar-refractivity contribution in [2.24, 2.45) is 5.92 Å². The highest BCUT2D eigenvalue weighted by Gasteiger charge is 2.56. The Kier molecular flexibility index (Phi) is 11.8. The summed E-state index contributed by atoms with van der Waals surface area (Å²) < 4.78 is 13.5. The van der Waals surface area contributed by atoms with Crippen molar-refractivity contribution in [2.45, 2.75) is 64.4 Å². The van der Waals surface area contributed by atoms with Crippen LogP contribution in [-0.4, -0.2) is 59.7 Å². The van der Waals surface area contributed by atoms with Crippen LogP contribution >= 0.6 is 30.9 Å². The summed E-state index contributed by atoms with van der Waals surface area (Å²) in [5.41, 5.74) is 0.354. The van der Waals surface area contributed by atoms with Crippen LogP contribution in [0.25, 0.3) is 0 Å². The SMILES string of the molecule is C=CCOC(=O)C(N1C(=O)[C@H]([C@@H](C)O[Si](C)(C)C(C)(C)C)[C@H]1CC(=S)SC)=P(c1ccccc1)(c1ccccc1)c1ccccc1. The Morgan fingerprint density at radius 2 is 1.43 bits per heavy atom. The molecular formula is C37H46NO4PS2Si. The number of amides is 1. The van der Waals surface area contributed by atoms with Gasteiger partial charge in [0, 0.05) is 17.5 Å². The summed E-state index contributed by atoms with van der Waals surface area (Å²) in [6, 6.07) is 29.8. The lowest BCUT2D eigenvalue weighted by Gasteiger charge is -2.53. The van der Waals surface area contributed by atoms with Crippen LogP contribution in [0.5, 0.6) is 0 Å². The minimum atomic E-state index is -3.00. The lowest BCUT2D eigenvalue weighted by molar-refractivity contribution is -0.156. The maximum absolute atomic E-state index is 14.8. The van der Waals surface area contributed by atoms with Gasteiger partial charge in [0.2, 0.25) is 5.91 Å². The van der Waals surface area contributed by atoms with Crippen molar-refractivity contribution in [1.29, 1.82) is 0 Å². The molecule has 9 heteroatoms. The largest absolute Gasteiger partial charge is 0.457 e. The second-order valence-electron chi connectivity index (χ2n) is 13.1. The van der Waals surface area contributed by atoms with Crippen LogP contribution in [0.15, 0.2) is 104 Å². The van der Waals surface area contributed by atoms with Crippen LogP contribution < -0.4 is 15.9 Å². The summed E-state index contributed by atoms with van der Waals surface area (Å²) in [5, 5.41) is 2.82. The first kappa shape index (κ1) is 36.1. The molecule has 0 unspecified atom stereocenters. The highest BCUT2D eigenvalue weighted by molar-refractivity contribution is 8.22. The molecule has 5 nitrogen and oxygen atoms in total. The number of esters is 1. The molecule has 1 amide bonds. The van der Waals surface area contributed by atoms with Gasteiger partial charge in [-0.3, -0.25) is 4.79 Å². The third-order valence-electron chi connectivity index (χ3n) is 9.16. The van der Waals surface area contributed by atoms with Crippen molar-refractivity contribution in [1.82, 2.24) is 4.90 Å². The van der Waals surface area contributed by atoms with Gasteiger partial charge in [0.05, 0.1) is 18.1 Å². The fraction of sp³-hybridized carbons (Fsp3) is 0.351. The Labute approximate surface area is 285 Å². The van der Waals surface area contributed by atoms with Gasteiger partial charge >= 0.3 is 5.97 Å². The number of carbonyl (C=O) groups excluding carboxylic acids is 2. The maximum Gasteiger partial charge on any atom is 0.356 e. The summed E-state index contributed by atoms with van der Waals surface area (Å²) in [4.78, 5) is 31.1. The molecule has 1 aliphatic rings. The molecule has 1 aliphatic heterocycles. The van der Waals surface area contributed by atoms with Crippen molar-refractivity contribution in [3.63, 3.8) is 0 Å². The first-order valence-electron chi connectivity index (χ1n) is 15.6. The van der Waals surface area contributed by atoms with E-state index in [0.717, 1.165) is 20.1 Å². The minimum Gasteiger partial charge on any atom is -0.457 e. The van der Waals surface area contributed by atoms with Crippen molar-refractivity contribution in [3.05, 3.63) is 104 Å². The van der Waals surface area contributed by atoms with Crippen LogP contribution in [-0.2, 0) is 18.8 Å². The third kappa shape index (κ3) is 7.07. The number of benzene rings is 3. The van der Waals surface area contributed by atoms with Gasteiger partial charge in [-0.15, -0.1) is 11.8 Å². The Morgan fingerprint density at radius 3 is 1.83 bits per heavy atom. The van der Waals surface area contributed by atoms with Gasteiger partial charge < -0.3 is 14.1 Å². The third-order valence-corrected chi connectivity index (χ3v) is 19.3. The van der Waals surface area contributed by atoms with E-state index in [9.17, 15) is 9.59 Å². The zero-order chi connectivity index (χ0) is 33.7. The summed E-state index contributed by atoms with van der Waals surface area (Å²) >= 11 is 7.29. The van der Waals surface area contributed by atoms with E-state index in [-0.39, 0.29) is 29.7 Å². The molecule has 1 saturated heterocycles. The van der Waals surface area contributed by atoms with Crippen LogP contribution in [0.2, 0.25) is 18.1 Å². The van der Waals surface area contributed by atoms with E-state index in [1.54, 1.807) is 11.0 Å². The number of likely N-dealkylation sites (tertiary alicyclic amines) is 1. The topological polar surface area (TPSA) is 55.8 Å². The van der Waals surface area contributed by atoms with E-state index >= 15 is 0 Å². The number of hydrogen-bond donors (Lipinski definition) is 0. The number of ether oxygens (including phenoxy) is 1. The molecule has 0 aliphatic carbocycles. The monoisotopic (exact) mass is 691 g/mol. The number of hydrogen-bond acceptors (Lipinski definition) is 6. The molecule has 0 bridgehead atoms. The average molecular weight is 692 g/mol. The lowest BCUT2D eigenvalue weighted by Crippen LogP contribution is -2.69. The Balaban J connectivity index is 2.10. The summed E-state index contributed by atoms with van der Waals surface area (Å²) in [5.74, 6) is -1.14. The summed E-state index contributed by atoms with van der Waals surface area (Å²) in [6.07, 6.45) is 3.60. The maximum atomic E-state index is 14.8. The smallest absolute Gasteiger partial charge is 0.356 e. The molecule has 0 radical (unpaired) electrons. The molecule has 3 aromatic rings. The van der Waals surface area contributed by atoms with Crippen molar-refractivity contribution >= 4 is 76.6 Å². The molecule has 1 fully saturated rings. The van der Waals surface area contributed by atoms with Crippen LogP contribution in [0.3, 0.4) is 0 Å². The number of thiocarbonyl (C=S) groups is 1. The van der Waals surface area contributed by atoms with Gasteiger partial charge in [0.15, 0.2) is 8.32 Å². The van der Waals surface area contributed by atoms with E-state index < -0.39 is 27.1 Å². The fourth-order valence-electron chi connectivity index (χ4n) is 5.89. The molecule has 244 valence electrons. The second kappa shape index (κ2) is 15.0. The normalized spacial score (nSPS) is 17.5. The van der Waals surface area contributed by atoms with Crippen molar-refractivity contribution < 1.29 is 18.8 Å². The molecule has 0 spiro atoms. The van der Waals surface area contributed by atoms with Gasteiger partial charge in [-0.2, -0.15) is 0 Å². The van der Waals surface area contributed by atoms with Gasteiger partial charge in [0.25, 0.3) is 0 Å². The molecule has 3 atom stereocenters. The van der Waals surface area contributed by atoms with E-state index in [4.69, 9.17) is 21.4 Å². The van der Waals surface area contributed by atoms with Gasteiger partial charge in [0.1, 0.15) is 12.0 Å². The first-order valence-corrected chi connectivity index (χ1v) is 21.9. The number of thioether (sulfide) groups is 1. The van der Waals surface area contributed by atoms with Gasteiger partial charge in [-0.25, -0.2) is 4.79 Å². The summed E-state index contributed by atoms with van der Waals surface area (Å²) in [7, 11) is -2.22. The van der Waals surface area contributed by atoms with E-state index in [0.29, 0.717) is 11.8 Å². The number of β-lactam (4-membered cyclic amide) rings is 1. The number of carbonyl (C=O) groups is 2. The molecule has 0 N–H and O–H groups in total. The standard InChI is InChI=1S/C37H46NO4PS2Si/c1-9-25-41-36(40)35(38-31(26-32(44)45-6)33(34(38)39)27(2)42-46(7,8)37(3,4)5)43(28-19-13-10-14-20-28,29-21-15-11-16-22-29)30-23-17-12-18-24-30/h9-24,27,31,33H,1,25-26H2,2-8H3/t27-,31-,33-/m1/s1. The molecular weight excluding hydrogens is 646 g/mol. The highest BCUT2D eigenvalue weighted by Crippen LogP contribution is 2.50. The first-order chi connectivity index (χ1) is 21.8. The Hall–Kier alpha value is -2.74. The second-order valence-corrected chi connectivity index (χ2v) is 22.8. The highest BCUT2D eigenvalue weighted by atomic mass is 32.2. The van der Waals surface area contributed by atoms with Crippen LogP contribution in [0.1, 0.15) is 34.1 Å². The van der Waals surface area contributed by atoms with Gasteiger partial charge in [-0.1, -0.05) is 137 Å². The van der Waals surface area contributed by atoms with E-state index in [2.05, 4.69) is 76.8 Å².